The van der Waals surface area contributed by atoms with Gasteiger partial charge in [0, 0.05) is 5.69 Å². The molecule has 12 heteroatoms. The van der Waals surface area contributed by atoms with Gasteiger partial charge < -0.3 is 14.8 Å². The van der Waals surface area contributed by atoms with Gasteiger partial charge in [-0.25, -0.2) is 4.79 Å². The fourth-order valence-electron chi connectivity index (χ4n) is 3.51. The number of benzene rings is 3. The van der Waals surface area contributed by atoms with Crippen LogP contribution in [0.1, 0.15) is 27.6 Å². The fourth-order valence-corrected chi connectivity index (χ4v) is 4.52. The van der Waals surface area contributed by atoms with Crippen molar-refractivity contribution < 1.29 is 28.7 Å². The lowest BCUT2D eigenvalue weighted by atomic mass is 10.1. The molecule has 4 rings (SSSR count). The van der Waals surface area contributed by atoms with Gasteiger partial charge in [-0.3, -0.25) is 19.3 Å². The number of rotatable bonds is 7. The van der Waals surface area contributed by atoms with E-state index < -0.39 is 36.3 Å². The van der Waals surface area contributed by atoms with E-state index in [4.69, 9.17) is 55.9 Å². The first kappa shape index (κ1) is 26.8. The largest absolute Gasteiger partial charge is 0.457 e. The van der Waals surface area contributed by atoms with Gasteiger partial charge in [-0.1, -0.05) is 64.6 Å². The van der Waals surface area contributed by atoms with Crippen LogP contribution in [-0.2, 0) is 14.3 Å². The number of imide groups is 1. The minimum atomic E-state index is -1.39. The van der Waals surface area contributed by atoms with Crippen LogP contribution in [0.5, 0.6) is 11.5 Å². The second kappa shape index (κ2) is 11.0. The van der Waals surface area contributed by atoms with E-state index in [2.05, 4.69) is 5.32 Å². The maximum Gasteiger partial charge on any atom is 0.329 e. The SMILES string of the molecule is C[C@@H](C(=O)OCC(=O)Nc1ccc(Oc2ccccc2)cc1)N1C(=O)c2c(Cl)c(Cl)c(Cl)c(Cl)c2C1=O. The fraction of sp³-hybridized carbons (Fsp3) is 0.120. The van der Waals surface area contributed by atoms with E-state index in [-0.39, 0.29) is 31.2 Å². The van der Waals surface area contributed by atoms with Crippen LogP contribution in [0.25, 0.3) is 0 Å². The van der Waals surface area contributed by atoms with Gasteiger partial charge in [0.15, 0.2) is 6.61 Å². The van der Waals surface area contributed by atoms with Crippen molar-refractivity contribution in [3.05, 3.63) is 85.8 Å². The number of esters is 1. The molecule has 0 aromatic heterocycles. The first-order chi connectivity index (χ1) is 17.6. The normalized spacial score (nSPS) is 13.3. The van der Waals surface area contributed by atoms with E-state index in [0.717, 1.165) is 0 Å². The Hall–Kier alpha value is -3.30. The zero-order chi connectivity index (χ0) is 26.9. The van der Waals surface area contributed by atoms with E-state index >= 15 is 0 Å². The number of ether oxygens (including phenoxy) is 2. The molecular weight excluding hydrogens is 566 g/mol. The van der Waals surface area contributed by atoms with Crippen LogP contribution < -0.4 is 10.1 Å². The molecule has 0 bridgehead atoms. The maximum atomic E-state index is 12.9. The summed E-state index contributed by atoms with van der Waals surface area (Å²) in [5.74, 6) is -2.19. The Bertz CT molecular complexity index is 1370. The summed E-state index contributed by atoms with van der Waals surface area (Å²) in [5, 5.41) is 1.67. The van der Waals surface area contributed by atoms with Gasteiger partial charge >= 0.3 is 5.97 Å². The van der Waals surface area contributed by atoms with Crippen LogP contribution in [0.2, 0.25) is 20.1 Å². The van der Waals surface area contributed by atoms with Gasteiger partial charge in [-0.05, 0) is 43.3 Å². The second-order valence-corrected chi connectivity index (χ2v) is 9.27. The molecule has 1 atom stereocenters. The molecule has 1 aliphatic heterocycles. The number of halogens is 4. The maximum absolute atomic E-state index is 12.9. The molecule has 1 N–H and O–H groups in total. The Morgan fingerprint density at radius 2 is 1.32 bits per heavy atom. The van der Waals surface area contributed by atoms with Crippen LogP contribution in [-0.4, -0.2) is 41.2 Å². The van der Waals surface area contributed by atoms with Crippen molar-refractivity contribution in [3.8, 4) is 11.5 Å². The number of nitrogens with one attached hydrogen (secondary N) is 1. The number of anilines is 1. The van der Waals surface area contributed by atoms with Crippen molar-refractivity contribution in [2.45, 2.75) is 13.0 Å². The zero-order valence-electron chi connectivity index (χ0n) is 18.9. The predicted octanol–water partition coefficient (Wildman–Crippen LogP) is 6.26. The van der Waals surface area contributed by atoms with Crippen molar-refractivity contribution in [1.29, 1.82) is 0 Å². The number of para-hydroxylation sites is 1. The van der Waals surface area contributed by atoms with Gasteiger partial charge in [-0.15, -0.1) is 0 Å². The first-order valence-corrected chi connectivity index (χ1v) is 12.1. The van der Waals surface area contributed by atoms with E-state index in [1.807, 2.05) is 18.2 Å². The lowest BCUT2D eigenvalue weighted by Crippen LogP contribution is -2.44. The van der Waals surface area contributed by atoms with E-state index in [0.29, 0.717) is 22.1 Å². The molecule has 37 heavy (non-hydrogen) atoms. The topological polar surface area (TPSA) is 102 Å². The van der Waals surface area contributed by atoms with Crippen molar-refractivity contribution in [2.75, 3.05) is 11.9 Å². The molecule has 0 saturated heterocycles. The molecule has 0 aliphatic carbocycles. The Labute approximate surface area is 230 Å². The predicted molar refractivity (Wildman–Crippen MR) is 139 cm³/mol. The molecule has 0 spiro atoms. The Kier molecular flexibility index (Phi) is 7.94. The Morgan fingerprint density at radius 3 is 1.86 bits per heavy atom. The number of carbonyl (C=O) groups excluding carboxylic acids is 4. The Balaban J connectivity index is 1.35. The lowest BCUT2D eigenvalue weighted by molar-refractivity contribution is -0.150. The second-order valence-electron chi connectivity index (χ2n) is 7.76. The zero-order valence-corrected chi connectivity index (χ0v) is 21.9. The molecular formula is C25H16Cl4N2O6. The molecule has 3 aromatic carbocycles. The highest BCUT2D eigenvalue weighted by Crippen LogP contribution is 2.45. The number of amides is 3. The third kappa shape index (κ3) is 5.38. The molecule has 0 saturated carbocycles. The smallest absolute Gasteiger partial charge is 0.329 e. The molecule has 0 fully saturated rings. The van der Waals surface area contributed by atoms with Gasteiger partial charge in [-0.2, -0.15) is 0 Å². The van der Waals surface area contributed by atoms with Crippen LogP contribution in [0.3, 0.4) is 0 Å². The molecule has 190 valence electrons. The summed E-state index contributed by atoms with van der Waals surface area (Å²) in [4.78, 5) is 51.2. The van der Waals surface area contributed by atoms with E-state index in [1.54, 1.807) is 36.4 Å². The highest BCUT2D eigenvalue weighted by atomic mass is 35.5. The third-order valence-corrected chi connectivity index (χ3v) is 7.13. The van der Waals surface area contributed by atoms with Crippen molar-refractivity contribution >= 4 is 75.8 Å². The number of nitrogens with zero attached hydrogens (tertiary/aromatic N) is 1. The third-order valence-electron chi connectivity index (χ3n) is 5.32. The van der Waals surface area contributed by atoms with Gasteiger partial charge in [0.05, 0.1) is 31.2 Å². The lowest BCUT2D eigenvalue weighted by Gasteiger charge is -2.20. The van der Waals surface area contributed by atoms with Crippen LogP contribution in [0, 0.1) is 0 Å². The monoisotopic (exact) mass is 580 g/mol. The van der Waals surface area contributed by atoms with Crippen LogP contribution in [0.15, 0.2) is 54.6 Å². The van der Waals surface area contributed by atoms with Crippen molar-refractivity contribution in [2.24, 2.45) is 0 Å². The summed E-state index contributed by atoms with van der Waals surface area (Å²) >= 11 is 24.2. The van der Waals surface area contributed by atoms with Crippen molar-refractivity contribution in [3.63, 3.8) is 0 Å². The summed E-state index contributed by atoms with van der Waals surface area (Å²) in [6.45, 7) is 0.603. The summed E-state index contributed by atoms with van der Waals surface area (Å²) in [5.41, 5.74) is -0.0841. The van der Waals surface area contributed by atoms with Gasteiger partial charge in [0.1, 0.15) is 17.5 Å². The summed E-state index contributed by atoms with van der Waals surface area (Å²) in [6.07, 6.45) is 0. The molecule has 1 aliphatic rings. The minimum absolute atomic E-state index is 0.193. The van der Waals surface area contributed by atoms with E-state index in [1.165, 1.54) is 6.92 Å². The summed E-state index contributed by atoms with van der Waals surface area (Å²) in [6, 6.07) is 14.3. The molecule has 3 aromatic rings. The standard InChI is InChI=1S/C25H16Cl4N2O6/c1-12(31-23(33)17-18(24(31)34)20(27)22(29)21(28)19(17)26)25(35)36-11-16(32)30-13-7-9-15(10-8-13)37-14-5-3-2-4-6-14/h2-10,12H,11H2,1H3,(H,30,32)/t12-/m0/s1. The summed E-state index contributed by atoms with van der Waals surface area (Å²) < 4.78 is 10.7. The summed E-state index contributed by atoms with van der Waals surface area (Å²) in [7, 11) is 0. The average molecular weight is 582 g/mol. The molecule has 0 radical (unpaired) electrons. The van der Waals surface area contributed by atoms with E-state index in [9.17, 15) is 19.2 Å². The van der Waals surface area contributed by atoms with Gasteiger partial charge in [0.25, 0.3) is 17.7 Å². The minimum Gasteiger partial charge on any atom is -0.457 e. The molecule has 0 unspecified atom stereocenters. The number of fused-ring (bicyclic) bond motifs is 1. The molecule has 8 nitrogen and oxygen atoms in total. The molecule has 1 heterocycles. The van der Waals surface area contributed by atoms with Gasteiger partial charge in [0.2, 0.25) is 0 Å². The first-order valence-electron chi connectivity index (χ1n) is 10.6. The Morgan fingerprint density at radius 1 is 0.811 bits per heavy atom. The molecule has 3 amide bonds. The van der Waals surface area contributed by atoms with Crippen LogP contribution in [0.4, 0.5) is 5.69 Å². The van der Waals surface area contributed by atoms with Crippen molar-refractivity contribution in [1.82, 2.24) is 4.90 Å². The number of carbonyl (C=O) groups is 4. The highest BCUT2D eigenvalue weighted by Gasteiger charge is 2.45. The number of hydrogen-bond acceptors (Lipinski definition) is 6. The number of hydrogen-bond donors (Lipinski definition) is 1. The van der Waals surface area contributed by atoms with Crippen LogP contribution >= 0.6 is 46.4 Å². The average Bonchev–Trinajstić information content (AvgIpc) is 3.15. The quantitative estimate of drug-likeness (QED) is 0.153. The highest BCUT2D eigenvalue weighted by molar-refractivity contribution is 6.55.